The first-order valence-corrected chi connectivity index (χ1v) is 8.43. The maximum Gasteiger partial charge on any atom is 0.215 e. The Morgan fingerprint density at radius 3 is 2.76 bits per heavy atom. The molecule has 2 fully saturated rings. The zero-order valence-corrected chi connectivity index (χ0v) is 11.9. The summed E-state index contributed by atoms with van der Waals surface area (Å²) in [7, 11) is -0.966. The van der Waals surface area contributed by atoms with E-state index in [4.69, 9.17) is 11.6 Å². The molecule has 2 rings (SSSR count). The van der Waals surface area contributed by atoms with Crippen LogP contribution in [-0.2, 0) is 10.0 Å². The maximum absolute atomic E-state index is 12.0. The van der Waals surface area contributed by atoms with Gasteiger partial charge in [0, 0.05) is 25.0 Å². The largest absolute Gasteiger partial charge is 0.303 e. The monoisotopic (exact) mass is 280 g/mol. The first-order chi connectivity index (χ1) is 8.04. The fraction of sp³-hybridized carbons (Fsp3) is 1.00. The Labute approximate surface area is 109 Å². The van der Waals surface area contributed by atoms with Crippen LogP contribution in [0.3, 0.4) is 0 Å². The van der Waals surface area contributed by atoms with Gasteiger partial charge >= 0.3 is 0 Å². The summed E-state index contributed by atoms with van der Waals surface area (Å²) in [5, 5.41) is 0. The third kappa shape index (κ3) is 2.95. The second-order valence-electron chi connectivity index (χ2n) is 5.10. The highest BCUT2D eigenvalue weighted by atomic mass is 35.5. The Bertz CT molecular complexity index is 360. The summed E-state index contributed by atoms with van der Waals surface area (Å²) in [6, 6.07) is 0.575. The quantitative estimate of drug-likeness (QED) is 0.724. The Morgan fingerprint density at radius 2 is 2.06 bits per heavy atom. The molecule has 2 unspecified atom stereocenters. The molecule has 0 bridgehead atoms. The van der Waals surface area contributed by atoms with Crippen molar-refractivity contribution in [1.82, 2.24) is 9.21 Å². The highest BCUT2D eigenvalue weighted by molar-refractivity contribution is 7.89. The zero-order valence-electron chi connectivity index (χ0n) is 10.3. The average molecular weight is 281 g/mol. The van der Waals surface area contributed by atoms with Crippen LogP contribution in [0.15, 0.2) is 0 Å². The van der Waals surface area contributed by atoms with Gasteiger partial charge in [-0.05, 0) is 38.8 Å². The van der Waals surface area contributed by atoms with Gasteiger partial charge in [-0.3, -0.25) is 0 Å². The Kier molecular flexibility index (Phi) is 4.34. The van der Waals surface area contributed by atoms with Gasteiger partial charge in [0.05, 0.1) is 5.75 Å². The number of fused-ring (bicyclic) bond motifs is 1. The lowest BCUT2D eigenvalue weighted by atomic mass is 9.85. The van der Waals surface area contributed by atoms with E-state index in [0.29, 0.717) is 25.0 Å². The number of rotatable bonds is 3. The van der Waals surface area contributed by atoms with Gasteiger partial charge in [0.15, 0.2) is 0 Å². The molecule has 0 saturated carbocycles. The van der Waals surface area contributed by atoms with Crippen LogP contribution in [0.4, 0.5) is 0 Å². The average Bonchev–Trinajstić information content (AvgIpc) is 2.29. The summed E-state index contributed by atoms with van der Waals surface area (Å²) in [6.45, 7) is 2.49. The van der Waals surface area contributed by atoms with Crippen LogP contribution in [0.5, 0.6) is 0 Å². The van der Waals surface area contributed by atoms with E-state index in [1.54, 1.807) is 4.31 Å². The second kappa shape index (κ2) is 5.43. The van der Waals surface area contributed by atoms with E-state index in [-0.39, 0.29) is 11.6 Å². The van der Waals surface area contributed by atoms with Gasteiger partial charge in [-0.25, -0.2) is 12.7 Å². The van der Waals surface area contributed by atoms with Gasteiger partial charge in [0.2, 0.25) is 10.0 Å². The number of hydrogen-bond donors (Lipinski definition) is 0. The molecule has 100 valence electrons. The van der Waals surface area contributed by atoms with Crippen molar-refractivity contribution in [3.05, 3.63) is 0 Å². The zero-order chi connectivity index (χ0) is 12.5. The van der Waals surface area contributed by atoms with Gasteiger partial charge in [0.25, 0.3) is 0 Å². The topological polar surface area (TPSA) is 40.6 Å². The summed E-state index contributed by atoms with van der Waals surface area (Å²) in [5.41, 5.74) is 0. The third-order valence-electron chi connectivity index (χ3n) is 4.04. The standard InChI is InChI=1S/C11H21ClN2O2S/c1-13-6-2-3-10-9-14(7-4-11(10)13)17(15,16)8-5-12/h10-11H,2-9H2,1H3. The van der Waals surface area contributed by atoms with Crippen LogP contribution in [0.1, 0.15) is 19.3 Å². The highest BCUT2D eigenvalue weighted by Gasteiger charge is 2.37. The number of alkyl halides is 1. The Hall–Kier alpha value is 0.160. The minimum Gasteiger partial charge on any atom is -0.303 e. The summed E-state index contributed by atoms with van der Waals surface area (Å²) < 4.78 is 25.6. The molecule has 0 aromatic carbocycles. The Morgan fingerprint density at radius 1 is 1.29 bits per heavy atom. The van der Waals surface area contributed by atoms with Crippen LogP contribution in [-0.4, -0.2) is 62.0 Å². The molecule has 2 aliphatic heterocycles. The smallest absolute Gasteiger partial charge is 0.215 e. The van der Waals surface area contributed by atoms with E-state index >= 15 is 0 Å². The van der Waals surface area contributed by atoms with E-state index < -0.39 is 10.0 Å². The van der Waals surface area contributed by atoms with Gasteiger partial charge in [-0.2, -0.15) is 0 Å². The minimum atomic E-state index is -3.12. The van der Waals surface area contributed by atoms with Gasteiger partial charge < -0.3 is 4.90 Å². The Balaban J connectivity index is 2.02. The lowest BCUT2D eigenvalue weighted by Crippen LogP contribution is -2.54. The molecular weight excluding hydrogens is 260 g/mol. The molecular formula is C11H21ClN2O2S. The lowest BCUT2D eigenvalue weighted by molar-refractivity contribution is 0.0672. The molecule has 6 heteroatoms. The highest BCUT2D eigenvalue weighted by Crippen LogP contribution is 2.30. The molecule has 0 radical (unpaired) electrons. The first-order valence-electron chi connectivity index (χ1n) is 6.28. The van der Waals surface area contributed by atoms with E-state index in [1.807, 2.05) is 0 Å². The molecule has 2 atom stereocenters. The summed E-state index contributed by atoms with van der Waals surface area (Å²) in [4.78, 5) is 2.39. The van der Waals surface area contributed by atoms with Crippen LogP contribution < -0.4 is 0 Å². The number of likely N-dealkylation sites (tertiary alicyclic amines) is 1. The SMILES string of the molecule is CN1CCCC2CN(S(=O)(=O)CCCl)CCC21. The third-order valence-corrected chi connectivity index (χ3v) is 6.29. The van der Waals surface area contributed by atoms with Crippen molar-refractivity contribution in [3.8, 4) is 0 Å². The number of nitrogens with zero attached hydrogens (tertiary/aromatic N) is 2. The van der Waals surface area contributed by atoms with E-state index in [1.165, 1.54) is 6.42 Å². The van der Waals surface area contributed by atoms with Gasteiger partial charge in [0.1, 0.15) is 0 Å². The van der Waals surface area contributed by atoms with Crippen LogP contribution >= 0.6 is 11.6 Å². The maximum atomic E-state index is 12.0. The van der Waals surface area contributed by atoms with Crippen LogP contribution in [0.2, 0.25) is 0 Å². The van der Waals surface area contributed by atoms with Crippen molar-refractivity contribution in [3.63, 3.8) is 0 Å². The predicted molar refractivity (Wildman–Crippen MR) is 69.8 cm³/mol. The predicted octanol–water partition coefficient (Wildman–Crippen LogP) is 0.971. The molecule has 0 spiro atoms. The molecule has 0 aromatic rings. The molecule has 2 heterocycles. The van der Waals surface area contributed by atoms with Crippen LogP contribution in [0.25, 0.3) is 0 Å². The van der Waals surface area contributed by atoms with Crippen molar-refractivity contribution >= 4 is 21.6 Å². The molecule has 2 aliphatic rings. The lowest BCUT2D eigenvalue weighted by Gasteiger charge is -2.45. The fourth-order valence-electron chi connectivity index (χ4n) is 3.10. The van der Waals surface area contributed by atoms with E-state index in [9.17, 15) is 8.42 Å². The van der Waals surface area contributed by atoms with Crippen molar-refractivity contribution in [2.45, 2.75) is 25.3 Å². The van der Waals surface area contributed by atoms with Crippen molar-refractivity contribution in [2.24, 2.45) is 5.92 Å². The van der Waals surface area contributed by atoms with Gasteiger partial charge in [-0.15, -0.1) is 11.6 Å². The molecule has 0 N–H and O–H groups in total. The molecule has 0 aromatic heterocycles. The number of sulfonamides is 1. The number of halogens is 1. The van der Waals surface area contributed by atoms with Crippen molar-refractivity contribution in [2.75, 3.05) is 38.3 Å². The van der Waals surface area contributed by atoms with E-state index in [0.717, 1.165) is 19.4 Å². The summed E-state index contributed by atoms with van der Waals surface area (Å²) in [6.07, 6.45) is 3.30. The van der Waals surface area contributed by atoms with E-state index in [2.05, 4.69) is 11.9 Å². The second-order valence-corrected chi connectivity index (χ2v) is 7.57. The molecule has 0 aliphatic carbocycles. The number of piperidine rings is 2. The fourth-order valence-corrected chi connectivity index (χ4v) is 4.94. The normalized spacial score (nSPS) is 32.4. The molecule has 0 amide bonds. The molecule has 4 nitrogen and oxygen atoms in total. The molecule has 17 heavy (non-hydrogen) atoms. The summed E-state index contributed by atoms with van der Waals surface area (Å²) >= 11 is 5.55. The first kappa shape index (κ1) is 13.6. The van der Waals surface area contributed by atoms with Gasteiger partial charge in [-0.1, -0.05) is 0 Å². The van der Waals surface area contributed by atoms with Crippen LogP contribution in [0, 0.1) is 5.92 Å². The number of hydrogen-bond acceptors (Lipinski definition) is 3. The van der Waals surface area contributed by atoms with Crippen molar-refractivity contribution < 1.29 is 8.42 Å². The minimum absolute atomic E-state index is 0.0712. The van der Waals surface area contributed by atoms with Crippen molar-refractivity contribution in [1.29, 1.82) is 0 Å². The molecule has 2 saturated heterocycles. The summed E-state index contributed by atoms with van der Waals surface area (Å²) in [5.74, 6) is 0.766.